The van der Waals surface area contributed by atoms with Crippen LogP contribution in [-0.4, -0.2) is 17.8 Å². The zero-order chi connectivity index (χ0) is 11.8. The highest BCUT2D eigenvalue weighted by Gasteiger charge is 2.31. The molecule has 1 fully saturated rings. The van der Waals surface area contributed by atoms with Crippen LogP contribution < -0.4 is 0 Å². The predicted molar refractivity (Wildman–Crippen MR) is 50.8 cm³/mol. The summed E-state index contributed by atoms with van der Waals surface area (Å²) in [6.07, 6.45) is -4.60. The van der Waals surface area contributed by atoms with Gasteiger partial charge in [0.1, 0.15) is 0 Å². The number of halogens is 3. The number of hydrogen-bond donors (Lipinski definition) is 1. The minimum absolute atomic E-state index is 0.0530. The maximum atomic E-state index is 12.3. The Morgan fingerprint density at radius 3 is 2.31 bits per heavy atom. The van der Waals surface area contributed by atoms with Crippen molar-refractivity contribution in [3.63, 3.8) is 0 Å². The molecule has 5 heteroatoms. The van der Waals surface area contributed by atoms with Gasteiger partial charge in [-0.3, -0.25) is 0 Å². The fourth-order valence-electron chi connectivity index (χ4n) is 1.48. The predicted octanol–water partition coefficient (Wildman–Crippen LogP) is 2.53. The van der Waals surface area contributed by atoms with Crippen molar-refractivity contribution in [2.75, 3.05) is 6.61 Å². The Bertz CT molecular complexity index is 354. The number of aliphatic hydroxyl groups excluding tert-OH is 1. The highest BCUT2D eigenvalue weighted by molar-refractivity contribution is 5.26. The van der Waals surface area contributed by atoms with Crippen LogP contribution in [0.2, 0.25) is 0 Å². The summed E-state index contributed by atoms with van der Waals surface area (Å²) in [5.74, 6) is 0. The third-order valence-electron chi connectivity index (χ3n) is 2.51. The van der Waals surface area contributed by atoms with Crippen molar-refractivity contribution in [1.82, 2.24) is 0 Å². The van der Waals surface area contributed by atoms with E-state index in [0.29, 0.717) is 18.6 Å². The van der Waals surface area contributed by atoms with Crippen LogP contribution in [0.3, 0.4) is 0 Å². The Balaban J connectivity index is 2.05. The van der Waals surface area contributed by atoms with E-state index in [2.05, 4.69) is 0 Å². The fraction of sp³-hybridized carbons (Fsp3) is 0.455. The average molecular weight is 232 g/mol. The first-order chi connectivity index (χ1) is 7.47. The van der Waals surface area contributed by atoms with Crippen LogP contribution in [0.4, 0.5) is 13.2 Å². The summed E-state index contributed by atoms with van der Waals surface area (Å²) in [6, 6.07) is 4.56. The van der Waals surface area contributed by atoms with Gasteiger partial charge >= 0.3 is 6.18 Å². The molecular weight excluding hydrogens is 221 g/mol. The molecule has 2 unspecified atom stereocenters. The summed E-state index contributed by atoms with van der Waals surface area (Å²) in [5, 5.41) is 9.66. The van der Waals surface area contributed by atoms with Crippen molar-refractivity contribution in [2.24, 2.45) is 0 Å². The lowest BCUT2D eigenvalue weighted by Crippen LogP contribution is -2.06. The van der Waals surface area contributed by atoms with Gasteiger partial charge in [-0.2, -0.15) is 13.2 Å². The average Bonchev–Trinajstić information content (AvgIpc) is 3.00. The number of alkyl halides is 3. The van der Waals surface area contributed by atoms with Gasteiger partial charge in [0.05, 0.1) is 24.4 Å². The van der Waals surface area contributed by atoms with E-state index >= 15 is 0 Å². The first-order valence-electron chi connectivity index (χ1n) is 4.93. The Labute approximate surface area is 90.7 Å². The van der Waals surface area contributed by atoms with Crippen molar-refractivity contribution in [3.05, 3.63) is 35.4 Å². The van der Waals surface area contributed by atoms with E-state index in [1.165, 1.54) is 12.1 Å². The normalized spacial score (nSPS) is 21.9. The molecule has 1 aliphatic heterocycles. The molecule has 1 aromatic rings. The lowest BCUT2D eigenvalue weighted by atomic mass is 10.0. The molecule has 0 saturated carbocycles. The lowest BCUT2D eigenvalue weighted by Gasteiger charge is -2.11. The zero-order valence-corrected chi connectivity index (χ0v) is 8.37. The SMILES string of the molecule is OC(CC1CO1)c1ccc(C(F)(F)F)cc1. The van der Waals surface area contributed by atoms with Crippen LogP contribution in [0, 0.1) is 0 Å². The summed E-state index contributed by atoms with van der Waals surface area (Å²) in [7, 11) is 0. The first kappa shape index (κ1) is 11.4. The molecule has 2 rings (SSSR count). The lowest BCUT2D eigenvalue weighted by molar-refractivity contribution is -0.137. The second-order valence-corrected chi connectivity index (χ2v) is 3.83. The molecule has 0 spiro atoms. The maximum Gasteiger partial charge on any atom is 0.416 e. The van der Waals surface area contributed by atoms with Crippen LogP contribution in [0.1, 0.15) is 23.7 Å². The topological polar surface area (TPSA) is 32.8 Å². The van der Waals surface area contributed by atoms with E-state index in [-0.39, 0.29) is 6.10 Å². The molecule has 0 bridgehead atoms. The molecular formula is C11H11F3O2. The largest absolute Gasteiger partial charge is 0.416 e. The first-order valence-corrected chi connectivity index (χ1v) is 4.93. The van der Waals surface area contributed by atoms with Gasteiger partial charge in [0.15, 0.2) is 0 Å². The van der Waals surface area contributed by atoms with E-state index in [9.17, 15) is 18.3 Å². The summed E-state index contributed by atoms with van der Waals surface area (Å²) < 4.78 is 41.7. The Morgan fingerprint density at radius 2 is 1.88 bits per heavy atom. The monoisotopic (exact) mass is 232 g/mol. The van der Waals surface area contributed by atoms with Crippen molar-refractivity contribution < 1.29 is 23.0 Å². The minimum atomic E-state index is -4.33. The van der Waals surface area contributed by atoms with Crippen LogP contribution in [0.15, 0.2) is 24.3 Å². The van der Waals surface area contributed by atoms with Crippen molar-refractivity contribution in [3.8, 4) is 0 Å². The van der Waals surface area contributed by atoms with E-state index in [0.717, 1.165) is 12.1 Å². The van der Waals surface area contributed by atoms with E-state index < -0.39 is 17.8 Å². The number of epoxide rings is 1. The summed E-state index contributed by atoms with van der Waals surface area (Å²) in [5.41, 5.74) is -0.213. The molecule has 16 heavy (non-hydrogen) atoms. The van der Waals surface area contributed by atoms with Crippen molar-refractivity contribution in [2.45, 2.75) is 24.8 Å². The van der Waals surface area contributed by atoms with Crippen LogP contribution in [0.25, 0.3) is 0 Å². The molecule has 88 valence electrons. The molecule has 0 amide bonds. The highest BCUT2D eigenvalue weighted by atomic mass is 19.4. The summed E-state index contributed by atoms with van der Waals surface area (Å²) in [4.78, 5) is 0. The quantitative estimate of drug-likeness (QED) is 0.812. The third kappa shape index (κ3) is 2.74. The molecule has 0 radical (unpaired) electrons. The minimum Gasteiger partial charge on any atom is -0.388 e. The highest BCUT2D eigenvalue weighted by Crippen LogP contribution is 2.31. The summed E-state index contributed by atoms with van der Waals surface area (Å²) in [6.45, 7) is 0.623. The second kappa shape index (κ2) is 4.07. The van der Waals surface area contributed by atoms with Gasteiger partial charge < -0.3 is 9.84 Å². The number of ether oxygens (including phenoxy) is 1. The molecule has 0 aliphatic carbocycles. The molecule has 1 aliphatic rings. The molecule has 1 aromatic carbocycles. The van der Waals surface area contributed by atoms with Crippen LogP contribution in [0.5, 0.6) is 0 Å². The summed E-state index contributed by atoms with van der Waals surface area (Å²) >= 11 is 0. The van der Waals surface area contributed by atoms with E-state index in [4.69, 9.17) is 4.74 Å². The number of rotatable bonds is 3. The number of hydrogen-bond acceptors (Lipinski definition) is 2. The number of benzene rings is 1. The number of aliphatic hydroxyl groups is 1. The van der Waals surface area contributed by atoms with Crippen molar-refractivity contribution in [1.29, 1.82) is 0 Å². The van der Waals surface area contributed by atoms with Crippen molar-refractivity contribution >= 4 is 0 Å². The van der Waals surface area contributed by atoms with E-state index in [1.54, 1.807) is 0 Å². The Kier molecular flexibility index (Phi) is 2.90. The molecule has 1 saturated heterocycles. The van der Waals surface area contributed by atoms with Gasteiger partial charge in [-0.05, 0) is 17.7 Å². The molecule has 1 heterocycles. The van der Waals surface area contributed by atoms with Gasteiger partial charge in [0.25, 0.3) is 0 Å². The van der Waals surface area contributed by atoms with Gasteiger partial charge in [0, 0.05) is 6.42 Å². The smallest absolute Gasteiger partial charge is 0.388 e. The third-order valence-corrected chi connectivity index (χ3v) is 2.51. The second-order valence-electron chi connectivity index (χ2n) is 3.83. The van der Waals surface area contributed by atoms with Crippen LogP contribution >= 0.6 is 0 Å². The Morgan fingerprint density at radius 1 is 1.31 bits per heavy atom. The van der Waals surface area contributed by atoms with Gasteiger partial charge in [-0.25, -0.2) is 0 Å². The maximum absolute atomic E-state index is 12.3. The van der Waals surface area contributed by atoms with Gasteiger partial charge in [-0.1, -0.05) is 12.1 Å². The molecule has 0 aromatic heterocycles. The van der Waals surface area contributed by atoms with Gasteiger partial charge in [0.2, 0.25) is 0 Å². The molecule has 2 nitrogen and oxygen atoms in total. The van der Waals surface area contributed by atoms with Crippen LogP contribution in [-0.2, 0) is 10.9 Å². The molecule has 1 N–H and O–H groups in total. The fourth-order valence-corrected chi connectivity index (χ4v) is 1.48. The van der Waals surface area contributed by atoms with E-state index in [1.807, 2.05) is 0 Å². The van der Waals surface area contributed by atoms with Gasteiger partial charge in [-0.15, -0.1) is 0 Å². The zero-order valence-electron chi connectivity index (χ0n) is 8.37. The molecule has 2 atom stereocenters. The Hall–Kier alpha value is -1.07. The standard InChI is InChI=1S/C11H11F3O2/c12-11(13,14)8-3-1-7(2-4-8)10(15)5-9-6-16-9/h1-4,9-10,15H,5-6H2.